The molecular weight excluding hydrogens is 186 g/mol. The fourth-order valence-electron chi connectivity index (χ4n) is 1.15. The molecule has 84 valence electrons. The van der Waals surface area contributed by atoms with Gasteiger partial charge in [-0.1, -0.05) is 0 Å². The molecule has 0 radical (unpaired) electrons. The molecule has 2 unspecified atom stereocenters. The van der Waals surface area contributed by atoms with Crippen LogP contribution in [0.25, 0.3) is 0 Å². The molecule has 14 heavy (non-hydrogen) atoms. The van der Waals surface area contributed by atoms with Gasteiger partial charge in [0.15, 0.2) is 0 Å². The summed E-state index contributed by atoms with van der Waals surface area (Å²) in [7, 11) is 3.44. The number of hydrogen-bond donors (Lipinski definition) is 2. The summed E-state index contributed by atoms with van der Waals surface area (Å²) in [5, 5.41) is 17.8. The van der Waals surface area contributed by atoms with Crippen LogP contribution >= 0.6 is 0 Å². The van der Waals surface area contributed by atoms with Crippen molar-refractivity contribution in [1.29, 1.82) is 0 Å². The molecule has 0 amide bonds. The van der Waals surface area contributed by atoms with Crippen LogP contribution in [0.4, 0.5) is 0 Å². The molecule has 0 aromatic carbocycles. The number of nitrogens with zero attached hydrogens (tertiary/aromatic N) is 1. The third-order valence-electron chi connectivity index (χ3n) is 2.07. The van der Waals surface area contributed by atoms with Crippen LogP contribution in [0.1, 0.15) is 13.3 Å². The number of carboxylic acids is 1. The number of rotatable bonds is 7. The minimum atomic E-state index is -0.981. The number of aliphatic hydroxyl groups is 1. The van der Waals surface area contributed by atoms with Crippen molar-refractivity contribution < 1.29 is 19.7 Å². The second kappa shape index (κ2) is 6.75. The predicted molar refractivity (Wildman–Crippen MR) is 52.2 cm³/mol. The lowest BCUT2D eigenvalue weighted by molar-refractivity contribution is -0.139. The van der Waals surface area contributed by atoms with Gasteiger partial charge in [0.2, 0.25) is 0 Å². The molecular formula is C9H19NO4. The Morgan fingerprint density at radius 1 is 1.57 bits per heavy atom. The summed E-state index contributed by atoms with van der Waals surface area (Å²) in [5.41, 5.74) is 0. The summed E-state index contributed by atoms with van der Waals surface area (Å²) >= 11 is 0. The van der Waals surface area contributed by atoms with Crippen LogP contribution in [0.3, 0.4) is 0 Å². The number of ether oxygens (including phenoxy) is 1. The first-order chi connectivity index (χ1) is 6.47. The summed E-state index contributed by atoms with van der Waals surface area (Å²) < 4.78 is 4.95. The van der Waals surface area contributed by atoms with Crippen molar-refractivity contribution in [3.8, 4) is 0 Å². The van der Waals surface area contributed by atoms with Crippen LogP contribution in [0.15, 0.2) is 0 Å². The predicted octanol–water partition coefficient (Wildman–Crippen LogP) is -0.211. The quantitative estimate of drug-likeness (QED) is 0.601. The first kappa shape index (κ1) is 13.4. The third kappa shape index (κ3) is 5.90. The standard InChI is InChI=1S/C9H19NO4/c1-7(6-14-3)10(2)5-8(11)4-9(12)13/h7-8,11H,4-6H2,1-3H3,(H,12,13). The highest BCUT2D eigenvalue weighted by Crippen LogP contribution is 2.00. The number of likely N-dealkylation sites (N-methyl/N-ethyl adjacent to an activating group) is 1. The summed E-state index contributed by atoms with van der Waals surface area (Å²) in [4.78, 5) is 12.2. The van der Waals surface area contributed by atoms with Crippen molar-refractivity contribution in [3.63, 3.8) is 0 Å². The van der Waals surface area contributed by atoms with E-state index in [0.29, 0.717) is 13.2 Å². The normalized spacial score (nSPS) is 15.5. The lowest BCUT2D eigenvalue weighted by Gasteiger charge is -2.25. The zero-order chi connectivity index (χ0) is 11.1. The van der Waals surface area contributed by atoms with Gasteiger partial charge in [-0.3, -0.25) is 9.69 Å². The zero-order valence-electron chi connectivity index (χ0n) is 8.93. The number of aliphatic hydroxyl groups excluding tert-OH is 1. The van der Waals surface area contributed by atoms with Crippen LogP contribution in [-0.4, -0.2) is 60.5 Å². The highest BCUT2D eigenvalue weighted by Gasteiger charge is 2.15. The minimum absolute atomic E-state index is 0.170. The SMILES string of the molecule is COCC(C)N(C)CC(O)CC(=O)O. The lowest BCUT2D eigenvalue weighted by Crippen LogP contribution is -2.38. The van der Waals surface area contributed by atoms with Gasteiger partial charge in [-0.05, 0) is 14.0 Å². The van der Waals surface area contributed by atoms with Crippen molar-refractivity contribution in [2.24, 2.45) is 0 Å². The van der Waals surface area contributed by atoms with Crippen LogP contribution in [0.5, 0.6) is 0 Å². The maximum Gasteiger partial charge on any atom is 0.306 e. The molecule has 0 saturated heterocycles. The largest absolute Gasteiger partial charge is 0.481 e. The molecule has 5 nitrogen and oxygen atoms in total. The Hall–Kier alpha value is -0.650. The first-order valence-corrected chi connectivity index (χ1v) is 4.56. The van der Waals surface area contributed by atoms with E-state index in [0.717, 1.165) is 0 Å². The molecule has 0 saturated carbocycles. The number of hydrogen-bond acceptors (Lipinski definition) is 4. The molecule has 0 aromatic rings. The third-order valence-corrected chi connectivity index (χ3v) is 2.07. The summed E-state index contributed by atoms with van der Waals surface area (Å²) in [6.45, 7) is 2.87. The minimum Gasteiger partial charge on any atom is -0.481 e. The van der Waals surface area contributed by atoms with Gasteiger partial charge in [0.25, 0.3) is 0 Å². The van der Waals surface area contributed by atoms with Crippen LogP contribution in [0.2, 0.25) is 0 Å². The van der Waals surface area contributed by atoms with Gasteiger partial charge in [-0.15, -0.1) is 0 Å². The van der Waals surface area contributed by atoms with Crippen LogP contribution in [0, 0.1) is 0 Å². The van der Waals surface area contributed by atoms with E-state index in [1.807, 2.05) is 18.9 Å². The monoisotopic (exact) mass is 205 g/mol. The average Bonchev–Trinajstić information content (AvgIpc) is 2.02. The molecule has 0 rings (SSSR count). The van der Waals surface area contributed by atoms with E-state index in [2.05, 4.69) is 0 Å². The molecule has 5 heteroatoms. The Kier molecular flexibility index (Phi) is 6.44. The number of aliphatic carboxylic acids is 1. The second-order valence-corrected chi connectivity index (χ2v) is 3.50. The molecule has 0 spiro atoms. The highest BCUT2D eigenvalue weighted by atomic mass is 16.5. The molecule has 0 aliphatic rings. The topological polar surface area (TPSA) is 70.0 Å². The van der Waals surface area contributed by atoms with Gasteiger partial charge in [-0.25, -0.2) is 0 Å². The van der Waals surface area contributed by atoms with Crippen molar-refractivity contribution >= 4 is 5.97 Å². The van der Waals surface area contributed by atoms with Crippen LogP contribution < -0.4 is 0 Å². The smallest absolute Gasteiger partial charge is 0.306 e. The Morgan fingerprint density at radius 2 is 2.14 bits per heavy atom. The van der Waals surface area contributed by atoms with E-state index >= 15 is 0 Å². The van der Waals surface area contributed by atoms with Crippen molar-refractivity contribution in [2.45, 2.75) is 25.5 Å². The van der Waals surface area contributed by atoms with E-state index in [-0.39, 0.29) is 12.5 Å². The maximum absolute atomic E-state index is 10.3. The summed E-state index contributed by atoms with van der Waals surface area (Å²) in [6, 6.07) is 0.170. The Bertz CT molecular complexity index is 174. The molecule has 2 atom stereocenters. The van der Waals surface area contributed by atoms with E-state index < -0.39 is 12.1 Å². The zero-order valence-corrected chi connectivity index (χ0v) is 8.93. The molecule has 0 bridgehead atoms. The fourth-order valence-corrected chi connectivity index (χ4v) is 1.15. The van der Waals surface area contributed by atoms with Gasteiger partial charge in [-0.2, -0.15) is 0 Å². The number of carboxylic acid groups (broad SMARTS) is 1. The van der Waals surface area contributed by atoms with E-state index in [9.17, 15) is 9.90 Å². The first-order valence-electron chi connectivity index (χ1n) is 4.56. The lowest BCUT2D eigenvalue weighted by atomic mass is 10.2. The van der Waals surface area contributed by atoms with Crippen molar-refractivity contribution in [1.82, 2.24) is 4.90 Å². The summed E-state index contributed by atoms with van der Waals surface area (Å²) in [6.07, 6.45) is -1.04. The number of methoxy groups -OCH3 is 1. The van der Waals surface area contributed by atoms with E-state index in [1.54, 1.807) is 7.11 Å². The fraction of sp³-hybridized carbons (Fsp3) is 0.889. The number of carbonyl (C=O) groups is 1. The molecule has 0 aromatic heterocycles. The average molecular weight is 205 g/mol. The molecule has 0 fully saturated rings. The van der Waals surface area contributed by atoms with Gasteiger partial charge >= 0.3 is 5.97 Å². The maximum atomic E-state index is 10.3. The molecule has 0 aliphatic heterocycles. The van der Waals surface area contributed by atoms with Gasteiger partial charge in [0.05, 0.1) is 19.1 Å². The van der Waals surface area contributed by atoms with Gasteiger partial charge in [0.1, 0.15) is 0 Å². The Morgan fingerprint density at radius 3 is 2.57 bits per heavy atom. The molecule has 0 aliphatic carbocycles. The van der Waals surface area contributed by atoms with Gasteiger partial charge in [0, 0.05) is 19.7 Å². The Labute approximate surface area is 84.3 Å². The molecule has 0 heterocycles. The van der Waals surface area contributed by atoms with Crippen molar-refractivity contribution in [3.05, 3.63) is 0 Å². The van der Waals surface area contributed by atoms with Gasteiger partial charge < -0.3 is 14.9 Å². The van der Waals surface area contributed by atoms with E-state index in [4.69, 9.17) is 9.84 Å². The van der Waals surface area contributed by atoms with E-state index in [1.165, 1.54) is 0 Å². The summed E-state index contributed by atoms with van der Waals surface area (Å²) in [5.74, 6) is -0.981. The Balaban J connectivity index is 3.79. The second-order valence-electron chi connectivity index (χ2n) is 3.50. The van der Waals surface area contributed by atoms with Crippen molar-refractivity contribution in [2.75, 3.05) is 27.3 Å². The molecule has 2 N–H and O–H groups in total. The van der Waals surface area contributed by atoms with Crippen LogP contribution in [-0.2, 0) is 9.53 Å². The highest BCUT2D eigenvalue weighted by molar-refractivity contribution is 5.67.